The molecule has 2 saturated heterocycles. The smallest absolute Gasteiger partial charge is 0.240 e. The van der Waals surface area contributed by atoms with E-state index in [1.807, 2.05) is 4.90 Å². The lowest BCUT2D eigenvalue weighted by Gasteiger charge is -2.46. The normalized spacial score (nSPS) is 28.9. The molecule has 0 aromatic rings. The second-order valence-corrected chi connectivity index (χ2v) is 4.74. The first kappa shape index (κ1) is 12.7. The van der Waals surface area contributed by atoms with Crippen LogP contribution in [0.25, 0.3) is 0 Å². The van der Waals surface area contributed by atoms with Crippen LogP contribution in [-0.2, 0) is 9.53 Å². The topological polar surface area (TPSA) is 41.6 Å². The van der Waals surface area contributed by atoms with Gasteiger partial charge in [-0.25, -0.2) is 0 Å². The van der Waals surface area contributed by atoms with Gasteiger partial charge in [-0.1, -0.05) is 13.8 Å². The van der Waals surface area contributed by atoms with Gasteiger partial charge >= 0.3 is 0 Å². The molecular weight excluding hydrogens is 216 g/mol. The summed E-state index contributed by atoms with van der Waals surface area (Å²) >= 11 is 0. The van der Waals surface area contributed by atoms with Crippen molar-refractivity contribution in [1.82, 2.24) is 10.2 Å². The fourth-order valence-corrected chi connectivity index (χ4v) is 2.00. The van der Waals surface area contributed by atoms with E-state index in [2.05, 4.69) is 19.2 Å². The molecule has 0 spiro atoms. The van der Waals surface area contributed by atoms with E-state index in [1.165, 1.54) is 0 Å². The van der Waals surface area contributed by atoms with Crippen LogP contribution in [0.1, 0.15) is 13.8 Å². The number of halogens is 1. The monoisotopic (exact) mass is 234 g/mol. The zero-order valence-corrected chi connectivity index (χ0v) is 10.1. The van der Waals surface area contributed by atoms with Crippen molar-refractivity contribution in [2.75, 3.05) is 32.8 Å². The standard InChI is InChI=1S/C10H18N2O2.ClH/c1-10(2)7-11-8(10)9(13)12-3-5-14-6-4-12;/h8,11H,3-7H2,1-2H3;1H. The maximum Gasteiger partial charge on any atom is 0.240 e. The van der Waals surface area contributed by atoms with Gasteiger partial charge in [-0.05, 0) is 0 Å². The molecule has 2 aliphatic heterocycles. The Morgan fingerprint density at radius 1 is 1.40 bits per heavy atom. The lowest BCUT2D eigenvalue weighted by molar-refractivity contribution is -0.144. The zero-order chi connectivity index (χ0) is 10.2. The molecule has 0 saturated carbocycles. The molecule has 15 heavy (non-hydrogen) atoms. The Kier molecular flexibility index (Phi) is 3.98. The number of carbonyl (C=O) groups excluding carboxylic acids is 1. The predicted molar refractivity (Wildman–Crippen MR) is 60.2 cm³/mol. The fraction of sp³-hybridized carbons (Fsp3) is 0.900. The van der Waals surface area contributed by atoms with E-state index < -0.39 is 0 Å². The second kappa shape index (κ2) is 4.68. The predicted octanol–water partition coefficient (Wildman–Crippen LogP) is 0.265. The quantitative estimate of drug-likeness (QED) is 0.708. The highest BCUT2D eigenvalue weighted by Gasteiger charge is 2.44. The van der Waals surface area contributed by atoms with E-state index in [0.29, 0.717) is 13.2 Å². The third kappa shape index (κ3) is 2.44. The van der Waals surface area contributed by atoms with Gasteiger partial charge in [0.2, 0.25) is 5.91 Å². The first-order valence-electron chi connectivity index (χ1n) is 5.21. The Bertz CT molecular complexity index is 240. The van der Waals surface area contributed by atoms with Crippen LogP contribution in [0.4, 0.5) is 0 Å². The molecule has 0 bridgehead atoms. The number of morpholine rings is 1. The summed E-state index contributed by atoms with van der Waals surface area (Å²) in [6.07, 6.45) is 0. The summed E-state index contributed by atoms with van der Waals surface area (Å²) in [5.74, 6) is 0.240. The molecule has 88 valence electrons. The molecular formula is C10H19ClN2O2. The van der Waals surface area contributed by atoms with E-state index in [-0.39, 0.29) is 29.8 Å². The highest BCUT2D eigenvalue weighted by Crippen LogP contribution is 2.29. The SMILES string of the molecule is CC1(C)CNC1C(=O)N1CCOCC1.Cl. The van der Waals surface area contributed by atoms with Crippen molar-refractivity contribution in [3.63, 3.8) is 0 Å². The third-order valence-electron chi connectivity index (χ3n) is 3.11. The van der Waals surface area contributed by atoms with Gasteiger partial charge in [0.1, 0.15) is 0 Å². The minimum Gasteiger partial charge on any atom is -0.378 e. The summed E-state index contributed by atoms with van der Waals surface area (Å²) < 4.78 is 5.22. The molecule has 2 rings (SSSR count). The van der Waals surface area contributed by atoms with Gasteiger partial charge in [-0.2, -0.15) is 0 Å². The van der Waals surface area contributed by atoms with Gasteiger partial charge < -0.3 is 15.0 Å². The van der Waals surface area contributed by atoms with Crippen LogP contribution in [0.2, 0.25) is 0 Å². The summed E-state index contributed by atoms with van der Waals surface area (Å²) in [5, 5.41) is 3.20. The zero-order valence-electron chi connectivity index (χ0n) is 9.28. The van der Waals surface area contributed by atoms with Crippen molar-refractivity contribution >= 4 is 18.3 Å². The molecule has 2 fully saturated rings. The highest BCUT2D eigenvalue weighted by atomic mass is 35.5. The Labute approximate surface area is 96.7 Å². The van der Waals surface area contributed by atoms with E-state index in [9.17, 15) is 4.79 Å². The van der Waals surface area contributed by atoms with E-state index in [0.717, 1.165) is 19.6 Å². The van der Waals surface area contributed by atoms with Gasteiger partial charge in [0.25, 0.3) is 0 Å². The first-order valence-corrected chi connectivity index (χ1v) is 5.21. The second-order valence-electron chi connectivity index (χ2n) is 4.74. The summed E-state index contributed by atoms with van der Waals surface area (Å²) in [4.78, 5) is 13.9. The van der Waals surface area contributed by atoms with E-state index >= 15 is 0 Å². The lowest BCUT2D eigenvalue weighted by atomic mass is 9.76. The number of amides is 1. The van der Waals surface area contributed by atoms with Crippen molar-refractivity contribution in [2.45, 2.75) is 19.9 Å². The molecule has 2 aliphatic rings. The van der Waals surface area contributed by atoms with E-state index in [1.54, 1.807) is 0 Å². The molecule has 5 heteroatoms. The number of carbonyl (C=O) groups is 1. The number of ether oxygens (including phenoxy) is 1. The lowest BCUT2D eigenvalue weighted by Crippen LogP contribution is -2.66. The molecule has 0 aromatic carbocycles. The van der Waals surface area contributed by atoms with Crippen LogP contribution >= 0.6 is 12.4 Å². The van der Waals surface area contributed by atoms with Crippen LogP contribution in [0.5, 0.6) is 0 Å². The molecule has 1 atom stereocenters. The Balaban J connectivity index is 0.00000112. The Morgan fingerprint density at radius 3 is 2.40 bits per heavy atom. The van der Waals surface area contributed by atoms with Gasteiger partial charge in [-0.3, -0.25) is 4.79 Å². The molecule has 0 aromatic heterocycles. The fourth-order valence-electron chi connectivity index (χ4n) is 2.00. The number of hydrogen-bond acceptors (Lipinski definition) is 3. The molecule has 1 amide bonds. The highest BCUT2D eigenvalue weighted by molar-refractivity contribution is 5.85. The minimum absolute atomic E-state index is 0. The van der Waals surface area contributed by atoms with Crippen molar-refractivity contribution in [3.05, 3.63) is 0 Å². The molecule has 4 nitrogen and oxygen atoms in total. The summed E-state index contributed by atoms with van der Waals surface area (Å²) in [5.41, 5.74) is 0.120. The molecule has 0 radical (unpaired) electrons. The van der Waals surface area contributed by atoms with Crippen molar-refractivity contribution < 1.29 is 9.53 Å². The first-order chi connectivity index (χ1) is 6.61. The minimum atomic E-state index is 0. The van der Waals surface area contributed by atoms with Crippen LogP contribution in [-0.4, -0.2) is 49.7 Å². The van der Waals surface area contributed by atoms with Gasteiger partial charge in [0.05, 0.1) is 19.3 Å². The van der Waals surface area contributed by atoms with Crippen LogP contribution in [0.15, 0.2) is 0 Å². The summed E-state index contributed by atoms with van der Waals surface area (Å²) in [7, 11) is 0. The average Bonchev–Trinajstić information content (AvgIpc) is 2.18. The van der Waals surface area contributed by atoms with E-state index in [4.69, 9.17) is 4.74 Å². The van der Waals surface area contributed by atoms with Gasteiger partial charge in [-0.15, -0.1) is 12.4 Å². The van der Waals surface area contributed by atoms with Crippen molar-refractivity contribution in [3.8, 4) is 0 Å². The summed E-state index contributed by atoms with van der Waals surface area (Å²) in [6, 6.07) is 0.0144. The van der Waals surface area contributed by atoms with Gasteiger partial charge in [0.15, 0.2) is 0 Å². The van der Waals surface area contributed by atoms with Crippen LogP contribution < -0.4 is 5.32 Å². The largest absolute Gasteiger partial charge is 0.378 e. The van der Waals surface area contributed by atoms with Crippen molar-refractivity contribution in [1.29, 1.82) is 0 Å². The molecule has 1 N–H and O–H groups in total. The number of rotatable bonds is 1. The number of nitrogens with zero attached hydrogens (tertiary/aromatic N) is 1. The van der Waals surface area contributed by atoms with Crippen molar-refractivity contribution in [2.24, 2.45) is 5.41 Å². The third-order valence-corrected chi connectivity index (χ3v) is 3.11. The Hall–Kier alpha value is -0.320. The van der Waals surface area contributed by atoms with Crippen LogP contribution in [0, 0.1) is 5.41 Å². The molecule has 0 aliphatic carbocycles. The van der Waals surface area contributed by atoms with Gasteiger partial charge in [0, 0.05) is 25.0 Å². The molecule has 2 heterocycles. The number of hydrogen-bond donors (Lipinski definition) is 1. The molecule has 1 unspecified atom stereocenters. The maximum atomic E-state index is 12.0. The maximum absolute atomic E-state index is 12.0. The number of nitrogens with one attached hydrogen (secondary N) is 1. The van der Waals surface area contributed by atoms with Crippen LogP contribution in [0.3, 0.4) is 0 Å². The Morgan fingerprint density at radius 2 is 2.00 bits per heavy atom. The average molecular weight is 235 g/mol. The summed E-state index contributed by atoms with van der Waals surface area (Å²) in [6.45, 7) is 8.05.